The summed E-state index contributed by atoms with van der Waals surface area (Å²) in [5.41, 5.74) is -18.6. The number of hydrogen-bond donors (Lipinski definition) is 0. The molecule has 0 fully saturated rings. The van der Waals surface area contributed by atoms with Crippen LogP contribution in [0.5, 0.6) is 0 Å². The van der Waals surface area contributed by atoms with Crippen molar-refractivity contribution < 1.29 is 92.2 Å². The maximum Gasteiger partial charge on any atom is 0.493 e. The number of unbranched alkanes of at least 4 members (excludes halogenated alkanes) is 3. The smallest absolute Gasteiger partial charge is 0.203 e. The molecule has 2 aromatic rings. The lowest BCUT2D eigenvalue weighted by Gasteiger charge is -2.48. The zero-order valence-electron chi connectivity index (χ0n) is 55.7. The Kier molecular flexibility index (Phi) is 40.3. The summed E-state index contributed by atoms with van der Waals surface area (Å²) in [6.45, 7) is 32.0. The van der Waals surface area contributed by atoms with Gasteiger partial charge in [-0.3, -0.25) is 0 Å². The largest absolute Gasteiger partial charge is 0.493 e. The standard InChI is InChI=1S/C44H92B.C15F16.C8H14F5P/c1-13-21-41(17-5)29-25-37(9)33-45(34-38(10)26-30-42(18-6)22-14-2,35-39(11)27-31-43(19-7)23-15-3)36-40(12)28-32-44(20-8)24-16-4;16-5-2(6(17)10(21)12(23)9(5)20)1-3(13(24,25)15(29,30)31)7(18)11(22)8(19)4(1)14(26,27)28;1-2-3-4-5-6-14-8(12,13)7(9,10)11/h37-44H,13-36H2,1-12H3;;14H,2-6H2,1H3/q-1;;/p+1. The van der Waals surface area contributed by atoms with Crippen LogP contribution in [0.2, 0.25) is 25.3 Å². The van der Waals surface area contributed by atoms with Crippen LogP contribution in [0, 0.1) is 93.9 Å². The van der Waals surface area contributed by atoms with Gasteiger partial charge >= 0.3 is 30.1 Å². The minimum absolute atomic E-state index is 0.0203. The Labute approximate surface area is 527 Å². The van der Waals surface area contributed by atoms with E-state index >= 15 is 0 Å². The lowest BCUT2D eigenvalue weighted by molar-refractivity contribution is -0.290. The van der Waals surface area contributed by atoms with Crippen LogP contribution in [0.4, 0.5) is 92.2 Å². The van der Waals surface area contributed by atoms with E-state index in [4.69, 9.17) is 0 Å². The lowest BCUT2D eigenvalue weighted by atomic mass is 9.14. The highest BCUT2D eigenvalue weighted by Crippen LogP contribution is 2.54. The molecule has 0 saturated carbocycles. The summed E-state index contributed by atoms with van der Waals surface area (Å²) in [4.78, 5) is 0. The van der Waals surface area contributed by atoms with E-state index in [9.17, 15) is 92.2 Å². The van der Waals surface area contributed by atoms with E-state index in [1.807, 2.05) is 6.92 Å². The molecule has 9 atom stereocenters. The predicted octanol–water partition coefficient (Wildman–Crippen LogP) is 27.7. The second kappa shape index (κ2) is 41.4. The van der Waals surface area contributed by atoms with Crippen LogP contribution in [0.15, 0.2) is 0 Å². The topological polar surface area (TPSA) is 0 Å². The molecule has 0 N–H and O–H groups in total. The molecule has 23 heteroatoms. The van der Waals surface area contributed by atoms with Gasteiger partial charge in [-0.25, -0.2) is 35.1 Å². The highest BCUT2D eigenvalue weighted by Gasteiger charge is 2.64. The first-order valence-electron chi connectivity index (χ1n) is 33.4. The molecule has 0 heterocycles. The molecule has 0 aliphatic rings. The van der Waals surface area contributed by atoms with Gasteiger partial charge in [-0.2, -0.15) is 82.4 Å². The molecule has 0 aromatic heterocycles. The molecule has 0 aliphatic carbocycles. The Bertz CT molecular complexity index is 2160. The first-order chi connectivity index (χ1) is 41.6. The van der Waals surface area contributed by atoms with Crippen LogP contribution in [-0.2, 0) is 12.1 Å². The third-order valence-corrected chi connectivity index (χ3v) is 20.1. The highest BCUT2D eigenvalue weighted by atomic mass is 31.1. The van der Waals surface area contributed by atoms with Crippen molar-refractivity contribution in [1.29, 1.82) is 0 Å². The third-order valence-electron chi connectivity index (χ3n) is 18.6. The molecule has 530 valence electrons. The van der Waals surface area contributed by atoms with Crippen molar-refractivity contribution in [3.8, 4) is 11.1 Å². The van der Waals surface area contributed by atoms with Crippen molar-refractivity contribution in [2.24, 2.45) is 47.3 Å². The van der Waals surface area contributed by atoms with E-state index in [0.29, 0.717) is 6.42 Å². The Hall–Kier alpha value is -2.54. The Morgan fingerprint density at radius 2 is 0.622 bits per heavy atom. The fourth-order valence-electron chi connectivity index (χ4n) is 13.8. The van der Waals surface area contributed by atoms with Gasteiger partial charge in [-0.15, -0.1) is 0 Å². The quantitative estimate of drug-likeness (QED) is 0.0156. The van der Waals surface area contributed by atoms with Crippen molar-refractivity contribution in [3.63, 3.8) is 0 Å². The number of alkyl halides is 13. The maximum atomic E-state index is 13.9. The van der Waals surface area contributed by atoms with E-state index in [1.165, 1.54) is 128 Å². The molecular formula is C67H107BF21P. The van der Waals surface area contributed by atoms with Gasteiger partial charge in [-0.05, 0) is 36.5 Å². The average molecular weight is 1350 g/mol. The summed E-state index contributed by atoms with van der Waals surface area (Å²) in [6, 6.07) is 0. The Balaban J connectivity index is 0.00000151. The van der Waals surface area contributed by atoms with Crippen molar-refractivity contribution in [3.05, 3.63) is 57.7 Å². The normalized spacial score (nSPS) is 16.2. The summed E-state index contributed by atoms with van der Waals surface area (Å²) in [6.07, 6.45) is 18.3. The van der Waals surface area contributed by atoms with Crippen molar-refractivity contribution in [2.45, 2.75) is 300 Å². The fourth-order valence-corrected chi connectivity index (χ4v) is 14.9. The Morgan fingerprint density at radius 3 is 0.889 bits per heavy atom. The highest BCUT2D eigenvalue weighted by molar-refractivity contribution is 7.39. The summed E-state index contributed by atoms with van der Waals surface area (Å²) in [5, 5.41) is 0. The summed E-state index contributed by atoms with van der Waals surface area (Å²) >= 11 is 0. The van der Waals surface area contributed by atoms with Crippen molar-refractivity contribution in [1.82, 2.24) is 0 Å². The van der Waals surface area contributed by atoms with Gasteiger partial charge in [0.2, 0.25) is 5.82 Å². The predicted molar refractivity (Wildman–Crippen MR) is 330 cm³/mol. The van der Waals surface area contributed by atoms with Gasteiger partial charge in [-0.1, -0.05) is 255 Å². The molecule has 0 bridgehead atoms. The SMILES string of the molecule is CCCC(CC)CCC(C)C[B-](CC(C)CCC(CC)CCC)(CC(C)CCC(CC)CCC)CC(C)CCC(CC)CCC.CCCCCC[PH2+]C(F)(F)C(F)(F)F.Fc1c(F)c(F)c(-c2c(C(F)(F)F)c(F)c(F)c(F)c2C(F)(F)C(F)(F)F)c(F)c1F. The van der Waals surface area contributed by atoms with Crippen LogP contribution >= 0.6 is 8.58 Å². The number of benzene rings is 2. The van der Waals surface area contributed by atoms with Gasteiger partial charge in [0.15, 0.2) is 40.7 Å². The molecule has 2 aromatic carbocycles. The van der Waals surface area contributed by atoms with Gasteiger partial charge in [0.1, 0.15) is 5.56 Å². The molecule has 2 rings (SSSR count). The molecule has 9 unspecified atom stereocenters. The monoisotopic (exact) mass is 1350 g/mol. The molecule has 0 spiro atoms. The van der Waals surface area contributed by atoms with Crippen molar-refractivity contribution in [2.75, 3.05) is 6.16 Å². The van der Waals surface area contributed by atoms with E-state index in [0.717, 1.165) is 66.6 Å². The van der Waals surface area contributed by atoms with E-state index < -0.39 is 107 Å². The zero-order valence-corrected chi connectivity index (χ0v) is 56.9. The van der Waals surface area contributed by atoms with E-state index in [2.05, 4.69) is 83.1 Å². The summed E-state index contributed by atoms with van der Waals surface area (Å²) in [7, 11) is -1.84. The maximum absolute atomic E-state index is 13.9. The van der Waals surface area contributed by atoms with Gasteiger partial charge < -0.3 is 0 Å². The van der Waals surface area contributed by atoms with Crippen molar-refractivity contribution >= 4 is 14.7 Å². The zero-order chi connectivity index (χ0) is 69.8. The van der Waals surface area contributed by atoms with Gasteiger partial charge in [0, 0.05) is 11.7 Å². The summed E-state index contributed by atoms with van der Waals surface area (Å²) in [5.74, 6) is -26.8. The van der Waals surface area contributed by atoms with Crippen LogP contribution in [0.1, 0.15) is 255 Å². The van der Waals surface area contributed by atoms with Gasteiger partial charge in [0.25, 0.3) is 0 Å². The minimum Gasteiger partial charge on any atom is -0.203 e. The number of rotatable bonds is 40. The van der Waals surface area contributed by atoms with Gasteiger partial charge in [0.05, 0.1) is 25.9 Å². The minimum atomic E-state index is -7.10. The Morgan fingerprint density at radius 1 is 0.322 bits per heavy atom. The number of hydrogen-bond acceptors (Lipinski definition) is 0. The number of halogens is 21. The van der Waals surface area contributed by atoms with E-state index in [-0.39, 0.29) is 12.3 Å². The molecule has 0 radical (unpaired) electrons. The lowest BCUT2D eigenvalue weighted by Crippen LogP contribution is -2.41. The van der Waals surface area contributed by atoms with Crippen LogP contribution in [-0.4, -0.2) is 30.3 Å². The third kappa shape index (κ3) is 28.0. The van der Waals surface area contributed by atoms with E-state index in [1.54, 1.807) is 25.3 Å². The summed E-state index contributed by atoms with van der Waals surface area (Å²) < 4.78 is 274. The molecule has 0 aliphatic heterocycles. The molecule has 90 heavy (non-hydrogen) atoms. The van der Waals surface area contributed by atoms with Crippen LogP contribution < -0.4 is 0 Å². The molecule has 0 nitrogen and oxygen atoms in total. The molecular weight excluding hydrogens is 1250 g/mol. The van der Waals surface area contributed by atoms with Crippen LogP contribution in [0.25, 0.3) is 11.1 Å². The second-order valence-corrected chi connectivity index (χ2v) is 28.1. The second-order valence-electron chi connectivity index (χ2n) is 26.4. The first kappa shape index (κ1) is 87.5. The average Bonchev–Trinajstić information content (AvgIpc) is 0.718. The first-order valence-corrected chi connectivity index (χ1v) is 34.8. The molecule has 0 amide bonds. The fraction of sp³-hybridized carbons (Fsp3) is 0.821. The molecule has 0 saturated heterocycles. The van der Waals surface area contributed by atoms with Crippen LogP contribution in [0.3, 0.4) is 0 Å².